The number of hydrogen-bond acceptors (Lipinski definition) is 5. The molecule has 0 radical (unpaired) electrons. The normalized spacial score (nSPS) is 12.4. The highest BCUT2D eigenvalue weighted by Gasteiger charge is 2.02. The van der Waals surface area contributed by atoms with E-state index < -0.39 is 0 Å². The molecule has 17 heavy (non-hydrogen) atoms. The molecule has 0 unspecified atom stereocenters. The molecule has 0 saturated heterocycles. The van der Waals surface area contributed by atoms with Crippen LogP contribution in [0.3, 0.4) is 0 Å². The summed E-state index contributed by atoms with van der Waals surface area (Å²) in [6.45, 7) is 3.24. The van der Waals surface area contributed by atoms with Crippen LogP contribution >= 0.6 is 0 Å². The fourth-order valence-electron chi connectivity index (χ4n) is 1.08. The van der Waals surface area contributed by atoms with Crippen molar-refractivity contribution in [2.24, 2.45) is 10.3 Å². The van der Waals surface area contributed by atoms with Gasteiger partial charge in [0.15, 0.2) is 0 Å². The Labute approximate surface area is 99.9 Å². The molecule has 0 aromatic heterocycles. The average molecular weight is 233 g/mol. The highest BCUT2D eigenvalue weighted by atomic mass is 16.6. The fourth-order valence-corrected chi connectivity index (χ4v) is 1.08. The largest absolute Gasteiger partial charge is 0.411 e. The molecule has 1 aromatic carbocycles. The molecule has 0 atom stereocenters. The predicted molar refractivity (Wildman–Crippen MR) is 67.0 cm³/mol. The van der Waals surface area contributed by atoms with Gasteiger partial charge < -0.3 is 10.0 Å². The maximum absolute atomic E-state index is 8.50. The second-order valence-electron chi connectivity index (χ2n) is 3.54. The number of oxime groups is 2. The Hall–Kier alpha value is -2.17. The number of rotatable bonds is 4. The van der Waals surface area contributed by atoms with Gasteiger partial charge in [0.05, 0.1) is 6.42 Å². The molecule has 0 spiro atoms. The fraction of sp³-hybridized carbons (Fsp3) is 0.250. The summed E-state index contributed by atoms with van der Waals surface area (Å²) in [4.78, 5) is 4.91. The Morgan fingerprint density at radius 1 is 1.24 bits per heavy atom. The Bertz CT molecular complexity index is 438. The Morgan fingerprint density at radius 3 is 2.47 bits per heavy atom. The smallest absolute Gasteiger partial charge is 0.221 e. The van der Waals surface area contributed by atoms with Gasteiger partial charge >= 0.3 is 0 Å². The van der Waals surface area contributed by atoms with Crippen LogP contribution < -0.4 is 0 Å². The maximum Gasteiger partial charge on any atom is 0.221 e. The molecule has 5 nitrogen and oxygen atoms in total. The first kappa shape index (κ1) is 12.9. The first-order valence-electron chi connectivity index (χ1n) is 5.15. The van der Waals surface area contributed by atoms with Crippen LogP contribution in [0.4, 0.5) is 0 Å². The zero-order valence-corrected chi connectivity index (χ0v) is 9.84. The summed E-state index contributed by atoms with van der Waals surface area (Å²) in [5, 5.41) is 22.8. The van der Waals surface area contributed by atoms with E-state index >= 15 is 0 Å². The summed E-state index contributed by atoms with van der Waals surface area (Å²) in [5.74, 6) is 0.0429. The van der Waals surface area contributed by atoms with Crippen molar-refractivity contribution >= 4 is 17.3 Å². The topological polar surface area (TPSA) is 78.0 Å². The quantitative estimate of drug-likeness (QED) is 0.362. The molecule has 0 fully saturated rings. The van der Waals surface area contributed by atoms with Gasteiger partial charge in [-0.3, -0.25) is 5.41 Å². The van der Waals surface area contributed by atoms with Gasteiger partial charge in [-0.2, -0.15) is 0 Å². The second kappa shape index (κ2) is 6.42. The van der Waals surface area contributed by atoms with E-state index in [4.69, 9.17) is 15.5 Å². The minimum atomic E-state index is 0.0429. The summed E-state index contributed by atoms with van der Waals surface area (Å²) in [7, 11) is 0. The van der Waals surface area contributed by atoms with Crippen LogP contribution in [0.5, 0.6) is 0 Å². The zero-order valence-electron chi connectivity index (χ0n) is 9.84. The number of benzene rings is 1. The first-order chi connectivity index (χ1) is 8.13. The third kappa shape index (κ3) is 4.46. The van der Waals surface area contributed by atoms with E-state index in [2.05, 4.69) is 10.3 Å². The summed E-state index contributed by atoms with van der Waals surface area (Å²) in [5.41, 5.74) is 1.78. The Kier molecular flexibility index (Phi) is 4.87. The van der Waals surface area contributed by atoms with Gasteiger partial charge in [0, 0.05) is 0 Å². The van der Waals surface area contributed by atoms with Crippen molar-refractivity contribution in [1.29, 1.82) is 5.41 Å². The molecule has 0 amide bonds. The van der Waals surface area contributed by atoms with Gasteiger partial charge in [0.25, 0.3) is 0 Å². The van der Waals surface area contributed by atoms with Crippen molar-refractivity contribution in [2.45, 2.75) is 20.3 Å². The van der Waals surface area contributed by atoms with E-state index in [0.717, 1.165) is 5.56 Å². The summed E-state index contributed by atoms with van der Waals surface area (Å²) in [6, 6.07) is 9.54. The lowest BCUT2D eigenvalue weighted by molar-refractivity contribution is 0.313. The maximum atomic E-state index is 8.50. The van der Waals surface area contributed by atoms with Crippen LogP contribution in [0.25, 0.3) is 0 Å². The standard InChI is InChI=1S/C12H15N3O2/c1-9(14-16)10(2)15-17-12(13)8-11-6-4-3-5-7-11/h3-7,13,16H,8H2,1-2H3/b13-12?,14-9+,15-10+. The minimum Gasteiger partial charge on any atom is -0.411 e. The van der Waals surface area contributed by atoms with Crippen molar-refractivity contribution in [2.75, 3.05) is 0 Å². The highest BCUT2D eigenvalue weighted by molar-refractivity contribution is 6.40. The van der Waals surface area contributed by atoms with Crippen molar-refractivity contribution in [3.05, 3.63) is 35.9 Å². The van der Waals surface area contributed by atoms with Crippen LogP contribution in [-0.4, -0.2) is 22.5 Å². The lowest BCUT2D eigenvalue weighted by Gasteiger charge is -2.02. The van der Waals surface area contributed by atoms with E-state index in [1.165, 1.54) is 0 Å². The van der Waals surface area contributed by atoms with Crippen LogP contribution in [0.2, 0.25) is 0 Å². The third-order valence-electron chi connectivity index (χ3n) is 2.17. The molecule has 90 valence electrons. The average Bonchev–Trinajstić information content (AvgIpc) is 2.36. The first-order valence-corrected chi connectivity index (χ1v) is 5.15. The molecule has 0 aliphatic carbocycles. The van der Waals surface area contributed by atoms with Crippen LogP contribution in [0.15, 0.2) is 40.6 Å². The number of nitrogens with one attached hydrogen (secondary N) is 1. The number of hydrogen-bond donors (Lipinski definition) is 2. The Balaban J connectivity index is 2.52. The monoisotopic (exact) mass is 233 g/mol. The molecule has 5 heteroatoms. The van der Waals surface area contributed by atoms with Crippen LogP contribution in [-0.2, 0) is 11.3 Å². The van der Waals surface area contributed by atoms with Crippen LogP contribution in [0.1, 0.15) is 19.4 Å². The second-order valence-corrected chi connectivity index (χ2v) is 3.54. The molecular weight excluding hydrogens is 218 g/mol. The summed E-state index contributed by atoms with van der Waals surface area (Å²) in [6.07, 6.45) is 0.382. The van der Waals surface area contributed by atoms with Gasteiger partial charge in [-0.1, -0.05) is 40.6 Å². The van der Waals surface area contributed by atoms with E-state index in [-0.39, 0.29) is 5.90 Å². The van der Waals surface area contributed by atoms with Gasteiger partial charge in [-0.15, -0.1) is 0 Å². The molecule has 0 bridgehead atoms. The van der Waals surface area contributed by atoms with E-state index in [0.29, 0.717) is 17.8 Å². The number of nitrogens with zero attached hydrogens (tertiary/aromatic N) is 2. The van der Waals surface area contributed by atoms with Crippen molar-refractivity contribution < 1.29 is 10.0 Å². The lowest BCUT2D eigenvalue weighted by Crippen LogP contribution is -2.09. The van der Waals surface area contributed by atoms with Crippen molar-refractivity contribution in [3.8, 4) is 0 Å². The zero-order chi connectivity index (χ0) is 12.7. The van der Waals surface area contributed by atoms with Gasteiger partial charge in [-0.25, -0.2) is 0 Å². The molecule has 2 N–H and O–H groups in total. The van der Waals surface area contributed by atoms with Crippen LogP contribution in [0, 0.1) is 5.41 Å². The van der Waals surface area contributed by atoms with Crippen molar-refractivity contribution in [1.82, 2.24) is 0 Å². The van der Waals surface area contributed by atoms with E-state index in [9.17, 15) is 0 Å². The van der Waals surface area contributed by atoms with Gasteiger partial charge in [0.1, 0.15) is 11.4 Å². The molecule has 1 aromatic rings. The molecule has 0 aliphatic heterocycles. The molecule has 0 saturated carbocycles. The summed E-state index contributed by atoms with van der Waals surface area (Å²) >= 11 is 0. The van der Waals surface area contributed by atoms with E-state index in [1.807, 2.05) is 30.3 Å². The SMILES string of the molecule is CC(=N\O)/C(C)=N/OC(=N)Cc1ccccc1. The summed E-state index contributed by atoms with van der Waals surface area (Å²) < 4.78 is 0. The lowest BCUT2D eigenvalue weighted by atomic mass is 10.1. The Morgan fingerprint density at radius 2 is 1.88 bits per heavy atom. The van der Waals surface area contributed by atoms with Crippen molar-refractivity contribution in [3.63, 3.8) is 0 Å². The van der Waals surface area contributed by atoms with Gasteiger partial charge in [-0.05, 0) is 19.4 Å². The van der Waals surface area contributed by atoms with E-state index in [1.54, 1.807) is 13.8 Å². The molecule has 1 rings (SSSR count). The molecule has 0 aliphatic rings. The molecular formula is C12H15N3O2. The third-order valence-corrected chi connectivity index (χ3v) is 2.17. The molecule has 0 heterocycles. The predicted octanol–water partition coefficient (Wildman–Crippen LogP) is 2.45. The minimum absolute atomic E-state index is 0.0429. The highest BCUT2D eigenvalue weighted by Crippen LogP contribution is 2.01. The van der Waals surface area contributed by atoms with Gasteiger partial charge in [0.2, 0.25) is 5.90 Å².